The quantitative estimate of drug-likeness (QED) is 0.709. The van der Waals surface area contributed by atoms with Crippen molar-refractivity contribution >= 4 is 28.8 Å². The van der Waals surface area contributed by atoms with Crippen molar-refractivity contribution in [1.29, 1.82) is 0 Å². The van der Waals surface area contributed by atoms with Crippen LogP contribution in [0, 0.1) is 5.82 Å². The molecule has 0 spiro atoms. The molecule has 0 radical (unpaired) electrons. The van der Waals surface area contributed by atoms with Crippen LogP contribution >= 0.6 is 11.6 Å². The van der Waals surface area contributed by atoms with Crippen LogP contribution in [-0.4, -0.2) is 46.4 Å². The minimum absolute atomic E-state index is 0.0349. The summed E-state index contributed by atoms with van der Waals surface area (Å²) in [5, 5.41) is 0.622. The molecule has 1 fully saturated rings. The minimum atomic E-state index is -0.226. The van der Waals surface area contributed by atoms with Crippen molar-refractivity contribution in [2.75, 3.05) is 31.1 Å². The summed E-state index contributed by atoms with van der Waals surface area (Å²) >= 11 is 5.98. The third-order valence-electron chi connectivity index (χ3n) is 4.62. The standard InChI is InChI=1S/C19H18ClFN4O/c20-14-5-6-18-22-15(13-25(18)12-14)11-19(26)24-9-7-23(8-10-24)17-4-2-1-3-16(17)21/h1-6,12-13H,7-11H2. The second-order valence-corrected chi connectivity index (χ2v) is 6.78. The first-order valence-electron chi connectivity index (χ1n) is 8.50. The fourth-order valence-electron chi connectivity index (χ4n) is 3.27. The maximum Gasteiger partial charge on any atom is 0.228 e. The van der Waals surface area contributed by atoms with Gasteiger partial charge in [-0.1, -0.05) is 23.7 Å². The molecule has 0 N–H and O–H groups in total. The Morgan fingerprint density at radius 3 is 2.62 bits per heavy atom. The Hall–Kier alpha value is -2.60. The predicted molar refractivity (Wildman–Crippen MR) is 99.1 cm³/mol. The van der Waals surface area contributed by atoms with Gasteiger partial charge in [0, 0.05) is 38.6 Å². The number of carbonyl (C=O) groups excluding carboxylic acids is 1. The number of imidazole rings is 1. The summed E-state index contributed by atoms with van der Waals surface area (Å²) < 4.78 is 15.7. The lowest BCUT2D eigenvalue weighted by Gasteiger charge is -2.36. The topological polar surface area (TPSA) is 40.9 Å². The zero-order valence-electron chi connectivity index (χ0n) is 14.1. The zero-order valence-corrected chi connectivity index (χ0v) is 14.9. The summed E-state index contributed by atoms with van der Waals surface area (Å²) in [7, 11) is 0. The number of pyridine rings is 1. The van der Waals surface area contributed by atoms with E-state index in [4.69, 9.17) is 11.6 Å². The van der Waals surface area contributed by atoms with Gasteiger partial charge in [0.15, 0.2) is 0 Å². The van der Waals surface area contributed by atoms with Crippen LogP contribution in [0.15, 0.2) is 48.8 Å². The SMILES string of the molecule is O=C(Cc1cn2cc(Cl)ccc2n1)N1CCN(c2ccccc2F)CC1. The maximum absolute atomic E-state index is 13.9. The van der Waals surface area contributed by atoms with E-state index in [1.165, 1.54) is 6.07 Å². The van der Waals surface area contributed by atoms with Crippen LogP contribution in [-0.2, 0) is 11.2 Å². The van der Waals surface area contributed by atoms with Crippen LogP contribution in [0.1, 0.15) is 5.69 Å². The van der Waals surface area contributed by atoms with Crippen molar-refractivity contribution in [3.05, 3.63) is 65.3 Å². The molecule has 0 unspecified atom stereocenters. The summed E-state index contributed by atoms with van der Waals surface area (Å²) in [6.45, 7) is 2.39. The summed E-state index contributed by atoms with van der Waals surface area (Å²) in [5.74, 6) is -0.191. The second kappa shape index (κ2) is 6.96. The monoisotopic (exact) mass is 372 g/mol. The number of para-hydroxylation sites is 1. The average molecular weight is 373 g/mol. The molecule has 0 bridgehead atoms. The van der Waals surface area contributed by atoms with Crippen molar-refractivity contribution in [2.45, 2.75) is 6.42 Å². The Morgan fingerprint density at radius 1 is 1.08 bits per heavy atom. The second-order valence-electron chi connectivity index (χ2n) is 6.34. The van der Waals surface area contributed by atoms with Crippen molar-refractivity contribution < 1.29 is 9.18 Å². The van der Waals surface area contributed by atoms with E-state index in [-0.39, 0.29) is 18.1 Å². The molecule has 3 aromatic rings. The van der Waals surface area contributed by atoms with Gasteiger partial charge in [0.1, 0.15) is 11.5 Å². The van der Waals surface area contributed by atoms with Gasteiger partial charge in [0.25, 0.3) is 0 Å². The fourth-order valence-corrected chi connectivity index (χ4v) is 3.44. The van der Waals surface area contributed by atoms with Crippen LogP contribution in [0.25, 0.3) is 5.65 Å². The molecule has 2 aromatic heterocycles. The molecule has 0 atom stereocenters. The normalized spacial score (nSPS) is 14.8. The number of fused-ring (bicyclic) bond motifs is 1. The van der Waals surface area contributed by atoms with Gasteiger partial charge in [-0.3, -0.25) is 4.79 Å². The van der Waals surface area contributed by atoms with Crippen LogP contribution in [0.2, 0.25) is 5.02 Å². The number of nitrogens with zero attached hydrogens (tertiary/aromatic N) is 4. The molecular weight excluding hydrogens is 355 g/mol. The maximum atomic E-state index is 13.9. The van der Waals surface area contributed by atoms with Gasteiger partial charge in [-0.15, -0.1) is 0 Å². The van der Waals surface area contributed by atoms with E-state index >= 15 is 0 Å². The summed E-state index contributed by atoms with van der Waals surface area (Å²) in [5.41, 5.74) is 2.08. The first-order chi connectivity index (χ1) is 12.6. The van der Waals surface area contributed by atoms with E-state index in [2.05, 4.69) is 4.98 Å². The number of amides is 1. The summed E-state index contributed by atoms with van der Waals surface area (Å²) in [6, 6.07) is 10.3. The third kappa shape index (κ3) is 3.37. The van der Waals surface area contributed by atoms with E-state index in [1.807, 2.05) is 32.5 Å². The number of rotatable bonds is 3. The van der Waals surface area contributed by atoms with Gasteiger partial charge in [0.05, 0.1) is 22.8 Å². The Kier molecular flexibility index (Phi) is 4.51. The number of halogens is 2. The van der Waals surface area contributed by atoms with Crippen molar-refractivity contribution in [2.24, 2.45) is 0 Å². The largest absolute Gasteiger partial charge is 0.366 e. The van der Waals surface area contributed by atoms with Gasteiger partial charge in [-0.2, -0.15) is 0 Å². The Balaban J connectivity index is 1.39. The van der Waals surface area contributed by atoms with Crippen LogP contribution in [0.3, 0.4) is 0 Å². The Morgan fingerprint density at radius 2 is 1.85 bits per heavy atom. The highest BCUT2D eigenvalue weighted by Crippen LogP contribution is 2.20. The number of hydrogen-bond donors (Lipinski definition) is 0. The number of hydrogen-bond acceptors (Lipinski definition) is 3. The Bertz CT molecular complexity index is 950. The molecule has 0 saturated carbocycles. The highest BCUT2D eigenvalue weighted by atomic mass is 35.5. The lowest BCUT2D eigenvalue weighted by atomic mass is 10.2. The molecule has 1 aliphatic rings. The molecule has 4 rings (SSSR count). The van der Waals surface area contributed by atoms with Crippen LogP contribution in [0.4, 0.5) is 10.1 Å². The lowest BCUT2D eigenvalue weighted by molar-refractivity contribution is -0.130. The number of anilines is 1. The molecule has 26 heavy (non-hydrogen) atoms. The van der Waals surface area contributed by atoms with Gasteiger partial charge >= 0.3 is 0 Å². The van der Waals surface area contributed by atoms with Crippen molar-refractivity contribution in [3.63, 3.8) is 0 Å². The van der Waals surface area contributed by atoms with Crippen molar-refractivity contribution in [3.8, 4) is 0 Å². The first kappa shape index (κ1) is 16.8. The molecule has 1 amide bonds. The minimum Gasteiger partial charge on any atom is -0.366 e. The molecule has 1 aromatic carbocycles. The van der Waals surface area contributed by atoms with Crippen LogP contribution < -0.4 is 4.90 Å². The molecule has 1 saturated heterocycles. The number of aromatic nitrogens is 2. The number of carbonyl (C=O) groups is 1. The van der Waals surface area contributed by atoms with E-state index in [1.54, 1.807) is 24.4 Å². The molecule has 5 nitrogen and oxygen atoms in total. The van der Waals surface area contributed by atoms with Gasteiger partial charge < -0.3 is 14.2 Å². The smallest absolute Gasteiger partial charge is 0.228 e. The highest BCUT2D eigenvalue weighted by molar-refractivity contribution is 6.30. The molecule has 134 valence electrons. The third-order valence-corrected chi connectivity index (χ3v) is 4.85. The summed E-state index contributed by atoms with van der Waals surface area (Å²) in [4.78, 5) is 20.8. The van der Waals surface area contributed by atoms with E-state index in [9.17, 15) is 9.18 Å². The highest BCUT2D eigenvalue weighted by Gasteiger charge is 2.23. The average Bonchev–Trinajstić information content (AvgIpc) is 3.03. The first-order valence-corrected chi connectivity index (χ1v) is 8.88. The molecular formula is C19H18ClFN4O. The molecule has 1 aliphatic heterocycles. The van der Waals surface area contributed by atoms with E-state index in [0.717, 1.165) is 5.65 Å². The number of benzene rings is 1. The molecule has 0 aliphatic carbocycles. The van der Waals surface area contributed by atoms with E-state index in [0.29, 0.717) is 42.6 Å². The molecule has 7 heteroatoms. The predicted octanol–water partition coefficient (Wildman–Crippen LogP) is 3.02. The summed E-state index contributed by atoms with van der Waals surface area (Å²) in [6.07, 6.45) is 3.85. The van der Waals surface area contributed by atoms with Gasteiger partial charge in [-0.05, 0) is 24.3 Å². The number of piperazine rings is 1. The zero-order chi connectivity index (χ0) is 18.1. The van der Waals surface area contributed by atoms with Crippen LogP contribution in [0.5, 0.6) is 0 Å². The fraction of sp³-hybridized carbons (Fsp3) is 0.263. The van der Waals surface area contributed by atoms with Gasteiger partial charge in [0.2, 0.25) is 5.91 Å². The van der Waals surface area contributed by atoms with Gasteiger partial charge in [-0.25, -0.2) is 9.37 Å². The van der Waals surface area contributed by atoms with E-state index < -0.39 is 0 Å². The Labute approximate surface area is 155 Å². The molecule has 3 heterocycles. The van der Waals surface area contributed by atoms with Crippen molar-refractivity contribution in [1.82, 2.24) is 14.3 Å². The lowest BCUT2D eigenvalue weighted by Crippen LogP contribution is -2.49.